The second-order valence-corrected chi connectivity index (χ2v) is 3.86. The van der Waals surface area contributed by atoms with Crippen molar-refractivity contribution in [3.05, 3.63) is 11.6 Å². The molecule has 3 heteroatoms. The summed E-state index contributed by atoms with van der Waals surface area (Å²) in [6.07, 6.45) is 3.32. The van der Waals surface area contributed by atoms with Gasteiger partial charge in [-0.1, -0.05) is 11.6 Å². The Morgan fingerprint density at radius 1 is 1.58 bits per heavy atom. The molecule has 0 aromatic heterocycles. The number of esters is 1. The molecule has 64 valence electrons. The molecule has 0 amide bonds. The van der Waals surface area contributed by atoms with E-state index in [-0.39, 0.29) is 17.8 Å². The lowest BCUT2D eigenvalue weighted by Gasteiger charge is -2.17. The van der Waals surface area contributed by atoms with Crippen LogP contribution >= 0.6 is 0 Å². The normalized spacial score (nSPS) is 49.1. The number of carbonyl (C=O) groups excluding carboxylic acids is 1. The van der Waals surface area contributed by atoms with Gasteiger partial charge in [-0.15, -0.1) is 0 Å². The number of aliphatic hydroxyl groups excluding tert-OH is 1. The van der Waals surface area contributed by atoms with Crippen LogP contribution < -0.4 is 0 Å². The van der Waals surface area contributed by atoms with Gasteiger partial charge in [0.05, 0.1) is 5.92 Å². The minimum Gasteiger partial charge on any atom is -0.435 e. The van der Waals surface area contributed by atoms with Gasteiger partial charge in [-0.3, -0.25) is 4.79 Å². The van der Waals surface area contributed by atoms with Crippen molar-refractivity contribution in [3.63, 3.8) is 0 Å². The van der Waals surface area contributed by atoms with Crippen LogP contribution in [0.25, 0.3) is 0 Å². The third kappa shape index (κ3) is 0.591. The second kappa shape index (κ2) is 1.91. The average Bonchev–Trinajstić information content (AvgIpc) is 2.64. The molecule has 1 N–H and O–H groups in total. The topological polar surface area (TPSA) is 46.5 Å². The van der Waals surface area contributed by atoms with Gasteiger partial charge in [0.25, 0.3) is 0 Å². The SMILES string of the molecule is O=C1O[C@H](O)[C@H]2[C@@H]3CC=C(C3)[C@H]12. The van der Waals surface area contributed by atoms with Crippen molar-refractivity contribution in [1.29, 1.82) is 0 Å². The molecule has 1 heterocycles. The molecule has 2 bridgehead atoms. The van der Waals surface area contributed by atoms with Crippen LogP contribution in [0, 0.1) is 17.8 Å². The predicted molar refractivity (Wildman–Crippen MR) is 39.9 cm³/mol. The molecule has 3 nitrogen and oxygen atoms in total. The summed E-state index contributed by atoms with van der Waals surface area (Å²) in [6, 6.07) is 0. The van der Waals surface area contributed by atoms with Gasteiger partial charge in [0.15, 0.2) is 0 Å². The number of hydrogen-bond acceptors (Lipinski definition) is 3. The van der Waals surface area contributed by atoms with Gasteiger partial charge in [0.2, 0.25) is 6.29 Å². The molecule has 1 saturated heterocycles. The molecule has 12 heavy (non-hydrogen) atoms. The summed E-state index contributed by atoms with van der Waals surface area (Å²) < 4.78 is 4.78. The van der Waals surface area contributed by atoms with Gasteiger partial charge in [-0.2, -0.15) is 0 Å². The van der Waals surface area contributed by atoms with Crippen molar-refractivity contribution in [3.8, 4) is 0 Å². The Balaban J connectivity index is 2.05. The molecule has 2 fully saturated rings. The molecule has 3 rings (SSSR count). The molecule has 4 atom stereocenters. The van der Waals surface area contributed by atoms with Crippen LogP contribution in [0.3, 0.4) is 0 Å². The molecule has 0 aromatic carbocycles. The van der Waals surface area contributed by atoms with Crippen molar-refractivity contribution in [2.24, 2.45) is 17.8 Å². The molecule has 2 aliphatic carbocycles. The van der Waals surface area contributed by atoms with E-state index < -0.39 is 6.29 Å². The lowest BCUT2D eigenvalue weighted by atomic mass is 9.85. The number of hydrogen-bond donors (Lipinski definition) is 1. The zero-order valence-electron chi connectivity index (χ0n) is 6.56. The van der Waals surface area contributed by atoms with Gasteiger partial charge in [0.1, 0.15) is 0 Å². The molecule has 0 unspecified atom stereocenters. The zero-order chi connectivity index (χ0) is 8.29. The third-order valence-corrected chi connectivity index (χ3v) is 3.33. The van der Waals surface area contributed by atoms with Crippen LogP contribution in [0.5, 0.6) is 0 Å². The van der Waals surface area contributed by atoms with Crippen molar-refractivity contribution in [2.75, 3.05) is 0 Å². The van der Waals surface area contributed by atoms with Crippen molar-refractivity contribution < 1.29 is 14.6 Å². The maximum Gasteiger partial charge on any atom is 0.315 e. The zero-order valence-corrected chi connectivity index (χ0v) is 6.56. The van der Waals surface area contributed by atoms with Crippen LogP contribution in [0.1, 0.15) is 12.8 Å². The van der Waals surface area contributed by atoms with Crippen LogP contribution in [0.4, 0.5) is 0 Å². The maximum absolute atomic E-state index is 11.2. The van der Waals surface area contributed by atoms with Crippen LogP contribution in [0.2, 0.25) is 0 Å². The number of cyclic esters (lactones) is 1. The third-order valence-electron chi connectivity index (χ3n) is 3.33. The van der Waals surface area contributed by atoms with E-state index in [9.17, 15) is 9.90 Å². The Hall–Kier alpha value is -0.830. The largest absolute Gasteiger partial charge is 0.435 e. The highest BCUT2D eigenvalue weighted by atomic mass is 16.6. The first-order valence-corrected chi connectivity index (χ1v) is 4.35. The van der Waals surface area contributed by atoms with Crippen molar-refractivity contribution in [1.82, 2.24) is 0 Å². The Labute approximate surface area is 70.0 Å². The fourth-order valence-corrected chi connectivity index (χ4v) is 2.82. The first kappa shape index (κ1) is 6.66. The standard InChI is InChI=1S/C9H10O3/c10-8-6-4-1-2-5(3-4)7(6)9(11)12-8/h1,5-7,9,11H,2-3H2/t5-,6+,7+,9+/m1/s1. The Bertz CT molecular complexity index is 281. The highest BCUT2D eigenvalue weighted by molar-refractivity contribution is 5.79. The van der Waals surface area contributed by atoms with E-state index in [0.29, 0.717) is 5.92 Å². The Morgan fingerprint density at radius 2 is 2.42 bits per heavy atom. The number of rotatable bonds is 0. The first-order chi connectivity index (χ1) is 5.77. The highest BCUT2D eigenvalue weighted by Gasteiger charge is 2.55. The van der Waals surface area contributed by atoms with E-state index in [0.717, 1.165) is 12.8 Å². The van der Waals surface area contributed by atoms with Gasteiger partial charge < -0.3 is 9.84 Å². The van der Waals surface area contributed by atoms with Crippen molar-refractivity contribution in [2.45, 2.75) is 19.1 Å². The molecule has 0 spiro atoms. The molecule has 1 saturated carbocycles. The molecular formula is C9H10O3. The Kier molecular flexibility index (Phi) is 1.06. The minimum absolute atomic E-state index is 0.0671. The fourth-order valence-electron chi connectivity index (χ4n) is 2.82. The summed E-state index contributed by atoms with van der Waals surface area (Å²) in [6.45, 7) is 0. The number of fused-ring (bicyclic) bond motifs is 5. The fraction of sp³-hybridized carbons (Fsp3) is 0.667. The van der Waals surface area contributed by atoms with Crippen LogP contribution in [-0.2, 0) is 9.53 Å². The van der Waals surface area contributed by atoms with Gasteiger partial charge in [-0.25, -0.2) is 0 Å². The molecular weight excluding hydrogens is 156 g/mol. The highest BCUT2D eigenvalue weighted by Crippen LogP contribution is 2.53. The molecule has 1 aliphatic heterocycles. The van der Waals surface area contributed by atoms with Crippen molar-refractivity contribution >= 4 is 5.97 Å². The summed E-state index contributed by atoms with van der Waals surface area (Å²) in [5, 5.41) is 9.42. The Morgan fingerprint density at radius 3 is 3.17 bits per heavy atom. The molecule has 3 aliphatic rings. The predicted octanol–water partition coefficient (Wildman–Crippen LogP) is 0.444. The lowest BCUT2D eigenvalue weighted by molar-refractivity contribution is -0.158. The smallest absolute Gasteiger partial charge is 0.315 e. The number of allylic oxidation sites excluding steroid dienone is 1. The molecule has 0 aromatic rings. The summed E-state index contributed by atoms with van der Waals surface area (Å²) in [5.41, 5.74) is 1.20. The van der Waals surface area contributed by atoms with Crippen LogP contribution in [-0.4, -0.2) is 17.4 Å². The summed E-state index contributed by atoms with van der Waals surface area (Å²) in [7, 11) is 0. The number of ether oxygens (including phenoxy) is 1. The first-order valence-electron chi connectivity index (χ1n) is 4.35. The molecule has 0 radical (unpaired) electrons. The van der Waals surface area contributed by atoms with E-state index in [2.05, 4.69) is 6.08 Å². The minimum atomic E-state index is -0.835. The van der Waals surface area contributed by atoms with Gasteiger partial charge in [-0.05, 0) is 18.8 Å². The second-order valence-electron chi connectivity index (χ2n) is 3.86. The van der Waals surface area contributed by atoms with Gasteiger partial charge in [0, 0.05) is 5.92 Å². The lowest BCUT2D eigenvalue weighted by Crippen LogP contribution is -2.23. The number of carbonyl (C=O) groups is 1. The quantitative estimate of drug-likeness (QED) is 0.419. The average molecular weight is 166 g/mol. The monoisotopic (exact) mass is 166 g/mol. The van der Waals surface area contributed by atoms with E-state index >= 15 is 0 Å². The summed E-state index contributed by atoms with van der Waals surface area (Å²) in [5.74, 6) is 0.212. The van der Waals surface area contributed by atoms with E-state index in [1.807, 2.05) is 0 Å². The number of aliphatic hydroxyl groups is 1. The van der Waals surface area contributed by atoms with E-state index in [1.54, 1.807) is 0 Å². The van der Waals surface area contributed by atoms with E-state index in [4.69, 9.17) is 4.74 Å². The summed E-state index contributed by atoms with van der Waals surface area (Å²) in [4.78, 5) is 11.2. The van der Waals surface area contributed by atoms with E-state index in [1.165, 1.54) is 5.57 Å². The van der Waals surface area contributed by atoms with Gasteiger partial charge >= 0.3 is 5.97 Å². The maximum atomic E-state index is 11.2. The summed E-state index contributed by atoms with van der Waals surface area (Å²) >= 11 is 0. The van der Waals surface area contributed by atoms with Crippen LogP contribution in [0.15, 0.2) is 11.6 Å².